The van der Waals surface area contributed by atoms with E-state index >= 15 is 0 Å². The summed E-state index contributed by atoms with van der Waals surface area (Å²) in [6, 6.07) is -0.0108. The second-order valence-corrected chi connectivity index (χ2v) is 4.35. The predicted octanol–water partition coefficient (Wildman–Crippen LogP) is 0.429. The highest BCUT2D eigenvalue weighted by atomic mass is 32.2. The van der Waals surface area contributed by atoms with Gasteiger partial charge in [-0.1, -0.05) is 12.2 Å². The molecule has 2 aliphatic rings. The molecule has 0 aromatic heterocycles. The monoisotopic (exact) mass is 187 g/mol. The van der Waals surface area contributed by atoms with Gasteiger partial charge in [-0.15, -0.1) is 0 Å². The SMILES string of the molecule is COC(=O)N1[C@H]2C=C[C@H](C2)S1=O. The molecule has 0 aromatic carbocycles. The maximum Gasteiger partial charge on any atom is 0.422 e. The number of hydrogen-bond acceptors (Lipinski definition) is 3. The van der Waals surface area contributed by atoms with Gasteiger partial charge in [0.15, 0.2) is 0 Å². The van der Waals surface area contributed by atoms with Gasteiger partial charge in [0.2, 0.25) is 0 Å². The van der Waals surface area contributed by atoms with Crippen molar-refractivity contribution in [3.05, 3.63) is 12.2 Å². The highest BCUT2D eigenvalue weighted by Gasteiger charge is 2.44. The van der Waals surface area contributed by atoms with Crippen LogP contribution in [0.1, 0.15) is 6.42 Å². The zero-order valence-corrected chi connectivity index (χ0v) is 7.41. The van der Waals surface area contributed by atoms with Gasteiger partial charge in [0, 0.05) is 0 Å². The van der Waals surface area contributed by atoms with E-state index in [0.29, 0.717) is 0 Å². The summed E-state index contributed by atoms with van der Waals surface area (Å²) in [4.78, 5) is 11.1. The summed E-state index contributed by atoms with van der Waals surface area (Å²) in [7, 11) is 0.0942. The lowest BCUT2D eigenvalue weighted by Crippen LogP contribution is -2.36. The van der Waals surface area contributed by atoms with Crippen molar-refractivity contribution in [1.29, 1.82) is 0 Å². The minimum absolute atomic E-state index is 0.0108. The summed E-state index contributed by atoms with van der Waals surface area (Å²) in [5.41, 5.74) is 0. The lowest BCUT2D eigenvalue weighted by atomic mass is 10.3. The van der Waals surface area contributed by atoms with Crippen molar-refractivity contribution in [3.63, 3.8) is 0 Å². The third-order valence-corrected chi connectivity index (χ3v) is 3.81. The molecule has 1 saturated heterocycles. The molecule has 1 amide bonds. The van der Waals surface area contributed by atoms with Gasteiger partial charge in [0.05, 0.1) is 18.4 Å². The first-order chi connectivity index (χ1) is 5.74. The van der Waals surface area contributed by atoms with E-state index in [1.807, 2.05) is 12.2 Å². The topological polar surface area (TPSA) is 46.6 Å². The number of hydrogen-bond donors (Lipinski definition) is 0. The molecule has 3 atom stereocenters. The van der Waals surface area contributed by atoms with Crippen molar-refractivity contribution in [2.24, 2.45) is 0 Å². The van der Waals surface area contributed by atoms with Gasteiger partial charge in [0.25, 0.3) is 0 Å². The van der Waals surface area contributed by atoms with Crippen molar-refractivity contribution in [2.75, 3.05) is 7.11 Å². The largest absolute Gasteiger partial charge is 0.452 e. The molecule has 0 radical (unpaired) electrons. The third kappa shape index (κ3) is 0.891. The number of carbonyl (C=O) groups is 1. The Morgan fingerprint density at radius 1 is 1.67 bits per heavy atom. The molecule has 2 rings (SSSR count). The Morgan fingerprint density at radius 2 is 2.42 bits per heavy atom. The van der Waals surface area contributed by atoms with Crippen LogP contribution in [0.3, 0.4) is 0 Å². The summed E-state index contributed by atoms with van der Waals surface area (Å²) in [6.45, 7) is 0. The van der Waals surface area contributed by atoms with Gasteiger partial charge >= 0.3 is 6.09 Å². The van der Waals surface area contributed by atoms with E-state index < -0.39 is 17.1 Å². The maximum atomic E-state index is 11.5. The van der Waals surface area contributed by atoms with Crippen molar-refractivity contribution in [1.82, 2.24) is 4.31 Å². The normalized spacial score (nSPS) is 37.4. The molecular weight excluding hydrogens is 178 g/mol. The van der Waals surface area contributed by atoms with Crippen molar-refractivity contribution in [2.45, 2.75) is 17.7 Å². The van der Waals surface area contributed by atoms with Crippen molar-refractivity contribution >= 4 is 17.1 Å². The van der Waals surface area contributed by atoms with E-state index in [1.54, 1.807) is 0 Å². The van der Waals surface area contributed by atoms with Crippen LogP contribution in [-0.2, 0) is 15.7 Å². The first-order valence-corrected chi connectivity index (χ1v) is 4.87. The molecule has 0 saturated carbocycles. The standard InChI is InChI=1S/C7H9NO3S/c1-11-7(9)8-5-2-3-6(4-5)12(8)10/h2-3,5-6H,4H2,1H3/t5-,6+,12?/m0/s1. The molecule has 1 aliphatic heterocycles. The number of carbonyl (C=O) groups excluding carboxylic acids is 1. The first kappa shape index (κ1) is 7.79. The summed E-state index contributed by atoms with van der Waals surface area (Å²) in [5.74, 6) is 0. The minimum atomic E-state index is -1.21. The summed E-state index contributed by atoms with van der Waals surface area (Å²) >= 11 is 0. The van der Waals surface area contributed by atoms with Crippen LogP contribution in [0.4, 0.5) is 4.79 Å². The Bertz CT molecular complexity index is 276. The van der Waals surface area contributed by atoms with Gasteiger partial charge in [-0.3, -0.25) is 0 Å². The Morgan fingerprint density at radius 3 is 2.92 bits per heavy atom. The number of fused-ring (bicyclic) bond motifs is 2. The summed E-state index contributed by atoms with van der Waals surface area (Å²) in [6.07, 6.45) is 4.09. The van der Waals surface area contributed by atoms with Crippen LogP contribution in [0.25, 0.3) is 0 Å². The molecule has 12 heavy (non-hydrogen) atoms. The molecule has 1 fully saturated rings. The average Bonchev–Trinajstić information content (AvgIpc) is 2.63. The maximum absolute atomic E-state index is 11.5. The zero-order chi connectivity index (χ0) is 8.72. The van der Waals surface area contributed by atoms with E-state index in [1.165, 1.54) is 11.4 Å². The Balaban J connectivity index is 2.23. The second-order valence-electron chi connectivity index (χ2n) is 2.80. The second kappa shape index (κ2) is 2.58. The number of nitrogens with zero attached hydrogens (tertiary/aromatic N) is 1. The quantitative estimate of drug-likeness (QED) is 0.517. The van der Waals surface area contributed by atoms with E-state index in [-0.39, 0.29) is 11.3 Å². The number of amides is 1. The fraction of sp³-hybridized carbons (Fsp3) is 0.571. The Labute approximate surface area is 72.8 Å². The number of methoxy groups -OCH3 is 1. The van der Waals surface area contributed by atoms with Crippen molar-refractivity contribution < 1.29 is 13.7 Å². The van der Waals surface area contributed by atoms with Crippen LogP contribution in [0, 0.1) is 0 Å². The van der Waals surface area contributed by atoms with Crippen LogP contribution in [-0.4, -0.2) is 33.0 Å². The van der Waals surface area contributed by atoms with Gasteiger partial charge in [-0.2, -0.15) is 0 Å². The van der Waals surface area contributed by atoms with Crippen LogP contribution in [0.2, 0.25) is 0 Å². The lowest BCUT2D eigenvalue weighted by molar-refractivity contribution is 0.147. The van der Waals surface area contributed by atoms with Crippen LogP contribution >= 0.6 is 0 Å². The highest BCUT2D eigenvalue weighted by molar-refractivity contribution is 7.84. The molecule has 1 heterocycles. The van der Waals surface area contributed by atoms with E-state index in [9.17, 15) is 9.00 Å². The van der Waals surface area contributed by atoms with Gasteiger partial charge in [-0.05, 0) is 6.42 Å². The molecule has 5 heteroatoms. The summed E-state index contributed by atoms with van der Waals surface area (Å²) < 4.78 is 17.3. The van der Waals surface area contributed by atoms with Crippen LogP contribution in [0.5, 0.6) is 0 Å². The van der Waals surface area contributed by atoms with E-state index in [4.69, 9.17) is 0 Å². The van der Waals surface area contributed by atoms with Crippen molar-refractivity contribution in [3.8, 4) is 0 Å². The van der Waals surface area contributed by atoms with Gasteiger partial charge in [0.1, 0.15) is 11.0 Å². The Kier molecular flexibility index (Phi) is 1.68. The van der Waals surface area contributed by atoms with E-state index in [0.717, 1.165) is 6.42 Å². The fourth-order valence-corrected chi connectivity index (χ4v) is 3.07. The average molecular weight is 187 g/mol. The fourth-order valence-electron chi connectivity index (χ4n) is 1.55. The smallest absolute Gasteiger partial charge is 0.422 e. The molecule has 1 unspecified atom stereocenters. The lowest BCUT2D eigenvalue weighted by Gasteiger charge is -2.20. The van der Waals surface area contributed by atoms with E-state index in [2.05, 4.69) is 4.74 Å². The molecular formula is C7H9NO3S. The predicted molar refractivity (Wildman–Crippen MR) is 43.7 cm³/mol. The number of rotatable bonds is 0. The molecule has 0 spiro atoms. The molecule has 66 valence electrons. The minimum Gasteiger partial charge on any atom is -0.452 e. The number of ether oxygens (including phenoxy) is 1. The highest BCUT2D eigenvalue weighted by Crippen LogP contribution is 2.32. The van der Waals surface area contributed by atoms with Crippen LogP contribution in [0.15, 0.2) is 12.2 Å². The molecule has 2 bridgehead atoms. The molecule has 0 aromatic rings. The first-order valence-electron chi connectivity index (χ1n) is 3.70. The van der Waals surface area contributed by atoms with Gasteiger partial charge < -0.3 is 4.74 Å². The molecule has 1 aliphatic carbocycles. The zero-order valence-electron chi connectivity index (χ0n) is 6.60. The Hall–Kier alpha value is -0.840. The third-order valence-electron chi connectivity index (χ3n) is 2.13. The van der Waals surface area contributed by atoms with Gasteiger partial charge in [-0.25, -0.2) is 13.3 Å². The molecule has 0 N–H and O–H groups in total. The molecule has 4 nitrogen and oxygen atoms in total. The summed E-state index contributed by atoms with van der Waals surface area (Å²) in [5, 5.41) is 0.0223. The van der Waals surface area contributed by atoms with Crippen LogP contribution < -0.4 is 0 Å².